The molecule has 3 heterocycles. The van der Waals surface area contributed by atoms with E-state index in [0.29, 0.717) is 25.1 Å². The van der Waals surface area contributed by atoms with Crippen molar-refractivity contribution in [2.45, 2.75) is 19.8 Å². The van der Waals surface area contributed by atoms with Crippen LogP contribution in [0.2, 0.25) is 0 Å². The van der Waals surface area contributed by atoms with Crippen molar-refractivity contribution in [3.05, 3.63) is 71.9 Å². The molecule has 4 aromatic rings. The van der Waals surface area contributed by atoms with Crippen molar-refractivity contribution in [3.63, 3.8) is 0 Å². The molecule has 0 spiro atoms. The van der Waals surface area contributed by atoms with Crippen LogP contribution >= 0.6 is 0 Å². The molecule has 32 heavy (non-hydrogen) atoms. The number of rotatable bonds is 4. The molecule has 0 bridgehead atoms. The third-order valence-corrected chi connectivity index (χ3v) is 5.53. The number of carbonyl (C=O) groups excluding carboxylic acids is 2. The summed E-state index contributed by atoms with van der Waals surface area (Å²) < 4.78 is 16.2. The van der Waals surface area contributed by atoms with Gasteiger partial charge in [0.2, 0.25) is 5.91 Å². The Balaban J connectivity index is 1.41. The van der Waals surface area contributed by atoms with Crippen molar-refractivity contribution in [1.29, 1.82) is 0 Å². The van der Waals surface area contributed by atoms with Gasteiger partial charge in [-0.3, -0.25) is 14.6 Å². The second-order valence-corrected chi connectivity index (χ2v) is 7.55. The van der Waals surface area contributed by atoms with Crippen LogP contribution in [0.15, 0.2) is 54.7 Å². The van der Waals surface area contributed by atoms with Gasteiger partial charge in [-0.05, 0) is 55.8 Å². The molecule has 9 heteroatoms. The molecule has 1 fully saturated rings. The van der Waals surface area contributed by atoms with Crippen molar-refractivity contribution >= 4 is 34.1 Å². The van der Waals surface area contributed by atoms with Gasteiger partial charge in [-0.1, -0.05) is 11.3 Å². The average Bonchev–Trinajstić information content (AvgIpc) is 3.39. The molecular weight excluding hydrogens is 411 g/mol. The fourth-order valence-electron chi connectivity index (χ4n) is 3.94. The molecule has 5 rings (SSSR count). The second kappa shape index (κ2) is 7.84. The Morgan fingerprint density at radius 3 is 2.78 bits per heavy atom. The van der Waals surface area contributed by atoms with E-state index in [4.69, 9.17) is 0 Å². The molecule has 1 aliphatic heterocycles. The third kappa shape index (κ3) is 3.37. The molecule has 0 saturated carbocycles. The van der Waals surface area contributed by atoms with Gasteiger partial charge in [-0.2, -0.15) is 0 Å². The zero-order valence-corrected chi connectivity index (χ0v) is 17.2. The molecule has 8 nitrogen and oxygen atoms in total. The molecule has 0 unspecified atom stereocenters. The van der Waals surface area contributed by atoms with E-state index in [-0.39, 0.29) is 23.0 Å². The van der Waals surface area contributed by atoms with Crippen LogP contribution in [-0.2, 0) is 4.79 Å². The number of hydrogen-bond acceptors (Lipinski definition) is 5. The summed E-state index contributed by atoms with van der Waals surface area (Å²) in [6, 6.07) is 13.7. The van der Waals surface area contributed by atoms with Gasteiger partial charge in [-0.15, -0.1) is 5.10 Å². The summed E-state index contributed by atoms with van der Waals surface area (Å²) in [4.78, 5) is 30.5. The lowest BCUT2D eigenvalue weighted by Crippen LogP contribution is -2.24. The van der Waals surface area contributed by atoms with Crippen LogP contribution in [0.1, 0.15) is 29.0 Å². The van der Waals surface area contributed by atoms with Crippen LogP contribution in [0, 0.1) is 12.7 Å². The van der Waals surface area contributed by atoms with Crippen LogP contribution in [-0.4, -0.2) is 38.3 Å². The lowest BCUT2D eigenvalue weighted by molar-refractivity contribution is -0.117. The minimum absolute atomic E-state index is 0.100. The first-order valence-electron chi connectivity index (χ1n) is 10.2. The van der Waals surface area contributed by atoms with Gasteiger partial charge in [0.05, 0.1) is 22.6 Å². The van der Waals surface area contributed by atoms with Crippen LogP contribution in [0.4, 0.5) is 15.8 Å². The van der Waals surface area contributed by atoms with Crippen LogP contribution in [0.3, 0.4) is 0 Å². The SMILES string of the molecule is Cc1c(C(=O)Nc2ccc(N3CCCC3=O)c(F)c2)nnn1-c1cccc2ncccc12. The summed E-state index contributed by atoms with van der Waals surface area (Å²) in [7, 11) is 0. The second-order valence-electron chi connectivity index (χ2n) is 7.55. The molecule has 2 aromatic carbocycles. The summed E-state index contributed by atoms with van der Waals surface area (Å²) in [5.74, 6) is -1.17. The normalized spacial score (nSPS) is 13.7. The highest BCUT2D eigenvalue weighted by molar-refractivity contribution is 6.04. The van der Waals surface area contributed by atoms with Crippen LogP contribution in [0.25, 0.3) is 16.6 Å². The fraction of sp³-hybridized carbons (Fsp3) is 0.174. The minimum Gasteiger partial charge on any atom is -0.320 e. The third-order valence-electron chi connectivity index (χ3n) is 5.53. The number of fused-ring (bicyclic) bond motifs is 1. The standard InChI is InChI=1S/C23H19FN6O2/c1-14-22(27-28-30(14)19-7-2-6-18-16(19)5-3-11-25-18)23(32)26-15-9-10-20(17(24)13-15)29-12-4-8-21(29)31/h2-3,5-7,9-11,13H,4,8,12H2,1H3,(H,26,32). The van der Waals surface area contributed by atoms with Crippen molar-refractivity contribution in [3.8, 4) is 5.69 Å². The molecule has 0 radical (unpaired) electrons. The molecular formula is C23H19FN6O2. The summed E-state index contributed by atoms with van der Waals surface area (Å²) in [5, 5.41) is 11.7. The van der Waals surface area contributed by atoms with Gasteiger partial charge in [0, 0.05) is 30.2 Å². The maximum atomic E-state index is 14.6. The highest BCUT2D eigenvalue weighted by Gasteiger charge is 2.25. The number of carbonyl (C=O) groups is 2. The number of halogens is 1. The Morgan fingerprint density at radius 1 is 1.12 bits per heavy atom. The molecule has 2 amide bonds. The first-order valence-corrected chi connectivity index (χ1v) is 10.2. The first-order chi connectivity index (χ1) is 15.5. The van der Waals surface area contributed by atoms with Crippen molar-refractivity contribution in [2.24, 2.45) is 0 Å². The number of benzene rings is 2. The van der Waals surface area contributed by atoms with Gasteiger partial charge < -0.3 is 10.2 Å². The monoisotopic (exact) mass is 430 g/mol. The van der Waals surface area contributed by atoms with E-state index in [1.165, 1.54) is 17.0 Å². The Bertz CT molecular complexity index is 1360. The predicted octanol–water partition coefficient (Wildman–Crippen LogP) is 3.64. The summed E-state index contributed by atoms with van der Waals surface area (Å²) in [5.41, 5.74) is 2.72. The largest absolute Gasteiger partial charge is 0.320 e. The molecule has 1 N–H and O–H groups in total. The maximum Gasteiger partial charge on any atom is 0.278 e. The Morgan fingerprint density at radius 2 is 2.00 bits per heavy atom. The summed E-state index contributed by atoms with van der Waals surface area (Å²) in [6.45, 7) is 2.24. The summed E-state index contributed by atoms with van der Waals surface area (Å²) >= 11 is 0. The number of nitrogens with zero attached hydrogens (tertiary/aromatic N) is 5. The van der Waals surface area contributed by atoms with Gasteiger partial charge in [0.15, 0.2) is 5.69 Å². The predicted molar refractivity (Wildman–Crippen MR) is 117 cm³/mol. The van der Waals surface area contributed by atoms with E-state index >= 15 is 0 Å². The minimum atomic E-state index is -0.568. The fourth-order valence-corrected chi connectivity index (χ4v) is 3.94. The lowest BCUT2D eigenvalue weighted by atomic mass is 10.1. The molecule has 0 atom stereocenters. The molecule has 0 aliphatic carbocycles. The van der Waals surface area contributed by atoms with E-state index in [9.17, 15) is 14.0 Å². The number of aromatic nitrogens is 4. The number of anilines is 2. The number of pyridine rings is 1. The van der Waals surface area contributed by atoms with Crippen molar-refractivity contribution < 1.29 is 14.0 Å². The van der Waals surface area contributed by atoms with E-state index in [1.54, 1.807) is 23.9 Å². The van der Waals surface area contributed by atoms with Gasteiger partial charge >= 0.3 is 0 Å². The van der Waals surface area contributed by atoms with Gasteiger partial charge in [0.25, 0.3) is 5.91 Å². The zero-order valence-electron chi connectivity index (χ0n) is 17.2. The Hall–Kier alpha value is -4.14. The quantitative estimate of drug-likeness (QED) is 0.534. The lowest BCUT2D eigenvalue weighted by Gasteiger charge is -2.17. The Labute approximate surface area is 182 Å². The van der Waals surface area contributed by atoms with E-state index in [1.807, 2.05) is 30.3 Å². The number of amides is 2. The zero-order chi connectivity index (χ0) is 22.2. The topological polar surface area (TPSA) is 93.0 Å². The van der Waals surface area contributed by atoms with Crippen LogP contribution in [0.5, 0.6) is 0 Å². The first kappa shape index (κ1) is 19.8. The van der Waals surface area contributed by atoms with E-state index in [0.717, 1.165) is 16.6 Å². The molecule has 1 aliphatic rings. The van der Waals surface area contributed by atoms with E-state index < -0.39 is 11.7 Å². The summed E-state index contributed by atoms with van der Waals surface area (Å²) in [6.07, 6.45) is 2.83. The van der Waals surface area contributed by atoms with Crippen LogP contribution < -0.4 is 10.2 Å². The number of hydrogen-bond donors (Lipinski definition) is 1. The molecule has 2 aromatic heterocycles. The average molecular weight is 430 g/mol. The number of nitrogens with one attached hydrogen (secondary N) is 1. The highest BCUT2D eigenvalue weighted by Crippen LogP contribution is 2.27. The van der Waals surface area contributed by atoms with Gasteiger partial charge in [-0.25, -0.2) is 9.07 Å². The van der Waals surface area contributed by atoms with Gasteiger partial charge in [0.1, 0.15) is 5.82 Å². The highest BCUT2D eigenvalue weighted by atomic mass is 19.1. The molecule has 1 saturated heterocycles. The van der Waals surface area contributed by atoms with Crippen molar-refractivity contribution in [1.82, 2.24) is 20.0 Å². The van der Waals surface area contributed by atoms with Crippen molar-refractivity contribution in [2.75, 3.05) is 16.8 Å². The molecule has 160 valence electrons. The maximum absolute atomic E-state index is 14.6. The van der Waals surface area contributed by atoms with E-state index in [2.05, 4.69) is 20.6 Å². The smallest absolute Gasteiger partial charge is 0.278 e. The Kier molecular flexibility index (Phi) is 4.85.